The lowest BCUT2D eigenvalue weighted by Crippen LogP contribution is -2.23. The molecule has 1 rings (SSSR count). The van der Waals surface area contributed by atoms with Crippen LogP contribution < -0.4 is 0 Å². The van der Waals surface area contributed by atoms with Gasteiger partial charge in [0.1, 0.15) is 6.26 Å². The maximum Gasteiger partial charge on any atom is 0.534 e. The highest BCUT2D eigenvalue weighted by molar-refractivity contribution is 7.87. The van der Waals surface area contributed by atoms with Gasteiger partial charge in [-0.3, -0.25) is 0 Å². The van der Waals surface area contributed by atoms with Crippen LogP contribution in [0.4, 0.5) is 17.6 Å². The molecule has 0 saturated carbocycles. The van der Waals surface area contributed by atoms with Gasteiger partial charge in [0.2, 0.25) is 5.95 Å². The van der Waals surface area contributed by atoms with E-state index in [4.69, 9.17) is 0 Å². The first-order valence-electron chi connectivity index (χ1n) is 4.47. The number of rotatable bonds is 4. The normalized spacial score (nSPS) is 12.9. The highest BCUT2D eigenvalue weighted by atomic mass is 32.2. The van der Waals surface area contributed by atoms with Gasteiger partial charge in [-0.2, -0.15) is 26.0 Å². The van der Waals surface area contributed by atoms with Crippen molar-refractivity contribution in [1.82, 2.24) is 4.98 Å². The minimum absolute atomic E-state index is 0.0562. The van der Waals surface area contributed by atoms with Crippen LogP contribution in [0.1, 0.15) is 5.56 Å². The Bertz CT molecular complexity index is 522. The number of pyridine rings is 1. The Hall–Kier alpha value is -1.64. The Kier molecular flexibility index (Phi) is 4.28. The van der Waals surface area contributed by atoms with E-state index < -0.39 is 21.6 Å². The largest absolute Gasteiger partial charge is 0.534 e. The fourth-order valence-corrected chi connectivity index (χ4v) is 1.21. The molecule has 0 aliphatic carbocycles. The molecule has 1 aromatic heterocycles. The Balaban J connectivity index is 2.55. The number of halogens is 4. The minimum Gasteiger partial charge on any atom is -0.384 e. The van der Waals surface area contributed by atoms with Crippen molar-refractivity contribution < 1.29 is 30.2 Å². The number of hydrogen-bond acceptors (Lipinski definition) is 4. The second-order valence-electron chi connectivity index (χ2n) is 3.06. The van der Waals surface area contributed by atoms with Crippen molar-refractivity contribution >= 4 is 10.1 Å². The van der Waals surface area contributed by atoms with Gasteiger partial charge in [-0.05, 0) is 24.1 Å². The minimum atomic E-state index is -5.62. The topological polar surface area (TPSA) is 56.3 Å². The van der Waals surface area contributed by atoms with Crippen LogP contribution in [0, 0.1) is 5.95 Å². The molecular formula is C9H7F4NO3S. The number of aromatic nitrogens is 1. The Morgan fingerprint density at radius 1 is 1.33 bits per heavy atom. The third kappa shape index (κ3) is 3.99. The average Bonchev–Trinajstić information content (AvgIpc) is 2.25. The molecule has 0 N–H and O–H groups in total. The van der Waals surface area contributed by atoms with Gasteiger partial charge >= 0.3 is 15.6 Å². The van der Waals surface area contributed by atoms with Crippen molar-refractivity contribution in [3.8, 4) is 0 Å². The Morgan fingerprint density at radius 2 is 2.00 bits per heavy atom. The summed E-state index contributed by atoms with van der Waals surface area (Å²) >= 11 is 0. The van der Waals surface area contributed by atoms with Gasteiger partial charge < -0.3 is 4.18 Å². The summed E-state index contributed by atoms with van der Waals surface area (Å²) in [5.41, 5.74) is -4.98. The molecule has 4 nitrogen and oxygen atoms in total. The summed E-state index contributed by atoms with van der Waals surface area (Å²) in [4.78, 5) is 3.31. The molecule has 0 fully saturated rings. The van der Waals surface area contributed by atoms with Gasteiger partial charge in [-0.25, -0.2) is 4.98 Å². The van der Waals surface area contributed by atoms with E-state index in [0.29, 0.717) is 11.8 Å². The fraction of sp³-hybridized carbons (Fsp3) is 0.222. The first kappa shape index (κ1) is 14.4. The Labute approximate surface area is 100 Å². The molecule has 0 unspecified atom stereocenters. The smallest absolute Gasteiger partial charge is 0.384 e. The number of hydrogen-bond donors (Lipinski definition) is 0. The lowest BCUT2D eigenvalue weighted by Gasteiger charge is -2.05. The molecular weight excluding hydrogens is 278 g/mol. The molecule has 1 aromatic rings. The summed E-state index contributed by atoms with van der Waals surface area (Å²) < 4.78 is 72.4. The van der Waals surface area contributed by atoms with Gasteiger partial charge in [0.15, 0.2) is 0 Å². The highest BCUT2D eigenvalue weighted by Gasteiger charge is 2.47. The lowest BCUT2D eigenvalue weighted by molar-refractivity contribution is -0.0515. The van der Waals surface area contributed by atoms with Gasteiger partial charge in [-0.15, -0.1) is 0 Å². The van der Waals surface area contributed by atoms with Crippen molar-refractivity contribution in [2.24, 2.45) is 0 Å². The highest BCUT2D eigenvalue weighted by Crippen LogP contribution is 2.24. The van der Waals surface area contributed by atoms with Crippen molar-refractivity contribution in [3.05, 3.63) is 42.2 Å². The number of alkyl halides is 3. The fourth-order valence-electron chi connectivity index (χ4n) is 0.878. The van der Waals surface area contributed by atoms with Crippen molar-refractivity contribution in [3.63, 3.8) is 0 Å². The molecule has 0 bridgehead atoms. The lowest BCUT2D eigenvalue weighted by atomic mass is 10.2. The van der Waals surface area contributed by atoms with Gasteiger partial charge in [0.05, 0.1) is 0 Å². The summed E-state index contributed by atoms with van der Waals surface area (Å²) in [6, 6.07) is 2.42. The second-order valence-corrected chi connectivity index (χ2v) is 4.62. The average molecular weight is 285 g/mol. The summed E-state index contributed by atoms with van der Waals surface area (Å²) in [6.07, 6.45) is 2.67. The molecule has 18 heavy (non-hydrogen) atoms. The van der Waals surface area contributed by atoms with E-state index in [9.17, 15) is 26.0 Å². The van der Waals surface area contributed by atoms with E-state index >= 15 is 0 Å². The van der Waals surface area contributed by atoms with Gasteiger partial charge in [0, 0.05) is 6.20 Å². The maximum atomic E-state index is 12.4. The number of allylic oxidation sites excluding steroid dienone is 1. The molecule has 0 saturated heterocycles. The summed E-state index contributed by atoms with van der Waals surface area (Å²) in [6.45, 7) is 0. The van der Waals surface area contributed by atoms with E-state index in [0.717, 1.165) is 18.3 Å². The Morgan fingerprint density at radius 3 is 2.50 bits per heavy atom. The molecule has 0 amide bonds. The first-order chi connectivity index (χ1) is 8.22. The predicted molar refractivity (Wildman–Crippen MR) is 53.1 cm³/mol. The molecule has 0 aromatic carbocycles. The van der Waals surface area contributed by atoms with Crippen LogP contribution in [0.25, 0.3) is 0 Å². The molecule has 0 radical (unpaired) electrons. The standard InChI is InChI=1S/C9H7F4NO3S/c10-8-4-3-7(6-14-8)2-1-5-17-18(15,16)9(11,12)13/h1,3-6H,2H2. The van der Waals surface area contributed by atoms with Crippen LogP contribution in [-0.2, 0) is 20.7 Å². The maximum absolute atomic E-state index is 12.4. The first-order valence-corrected chi connectivity index (χ1v) is 5.88. The van der Waals surface area contributed by atoms with E-state index in [1.807, 2.05) is 0 Å². The zero-order chi connectivity index (χ0) is 13.8. The molecule has 0 atom stereocenters. The van der Waals surface area contributed by atoms with Crippen LogP contribution in [0.2, 0.25) is 0 Å². The van der Waals surface area contributed by atoms with Crippen molar-refractivity contribution in [2.45, 2.75) is 11.9 Å². The quantitative estimate of drug-likeness (QED) is 0.280. The molecule has 0 aliphatic heterocycles. The van der Waals surface area contributed by atoms with E-state index in [1.54, 1.807) is 0 Å². The summed E-state index contributed by atoms with van der Waals surface area (Å²) in [5.74, 6) is -0.696. The molecule has 1 heterocycles. The van der Waals surface area contributed by atoms with E-state index in [1.165, 1.54) is 6.07 Å². The SMILES string of the molecule is O=S(=O)(OC=CCc1ccc(F)nc1)C(F)(F)F. The third-order valence-electron chi connectivity index (χ3n) is 1.70. The zero-order valence-corrected chi connectivity index (χ0v) is 9.50. The second kappa shape index (κ2) is 5.34. The van der Waals surface area contributed by atoms with Crippen LogP contribution in [0.3, 0.4) is 0 Å². The summed E-state index contributed by atoms with van der Waals surface area (Å²) in [7, 11) is -5.62. The van der Waals surface area contributed by atoms with Crippen LogP contribution in [-0.4, -0.2) is 18.9 Å². The molecule has 0 spiro atoms. The van der Waals surface area contributed by atoms with Crippen molar-refractivity contribution in [1.29, 1.82) is 0 Å². The summed E-state index contributed by atoms with van der Waals surface area (Å²) in [5, 5.41) is 0. The monoisotopic (exact) mass is 285 g/mol. The van der Waals surface area contributed by atoms with Gasteiger partial charge in [-0.1, -0.05) is 6.07 Å². The molecule has 100 valence electrons. The van der Waals surface area contributed by atoms with Crippen LogP contribution >= 0.6 is 0 Å². The molecule has 9 heteroatoms. The molecule has 0 aliphatic rings. The number of nitrogens with zero attached hydrogens (tertiary/aromatic N) is 1. The predicted octanol–water partition coefficient (Wildman–Crippen LogP) is 2.14. The van der Waals surface area contributed by atoms with Gasteiger partial charge in [0.25, 0.3) is 0 Å². The van der Waals surface area contributed by atoms with Crippen LogP contribution in [0.15, 0.2) is 30.7 Å². The van der Waals surface area contributed by atoms with E-state index in [2.05, 4.69) is 9.17 Å². The van der Waals surface area contributed by atoms with Crippen LogP contribution in [0.5, 0.6) is 0 Å². The zero-order valence-electron chi connectivity index (χ0n) is 8.69. The third-order valence-corrected chi connectivity index (χ3v) is 2.64. The van der Waals surface area contributed by atoms with Crippen molar-refractivity contribution in [2.75, 3.05) is 0 Å². The van der Waals surface area contributed by atoms with E-state index in [-0.39, 0.29) is 6.42 Å².